The first-order valence-corrected chi connectivity index (χ1v) is 4.70. The molecule has 0 saturated heterocycles. The summed E-state index contributed by atoms with van der Waals surface area (Å²) < 4.78 is 7.32. The highest BCUT2D eigenvalue weighted by Crippen LogP contribution is 2.28. The van der Waals surface area contributed by atoms with Crippen LogP contribution in [0, 0.1) is 0 Å². The average Bonchev–Trinajstić information content (AvgIpc) is 2.62. The van der Waals surface area contributed by atoms with Crippen LogP contribution in [-0.4, -0.2) is 11.7 Å². The molecule has 0 aliphatic heterocycles. The van der Waals surface area contributed by atoms with E-state index in [2.05, 4.69) is 4.57 Å². The molecule has 0 aliphatic rings. The molecule has 1 aromatic carbocycles. The van der Waals surface area contributed by atoms with Crippen molar-refractivity contribution in [2.45, 2.75) is 6.61 Å². The Hall–Kier alpha value is -1.52. The fraction of sp³-hybridized carbons (Fsp3) is 0.273. The summed E-state index contributed by atoms with van der Waals surface area (Å²) in [4.78, 5) is 4.70. The van der Waals surface area contributed by atoms with E-state index in [0.29, 0.717) is 6.61 Å². The first-order valence-electron chi connectivity index (χ1n) is 4.70. The maximum Gasteiger partial charge on any atom is 0.125 e. The van der Waals surface area contributed by atoms with E-state index >= 15 is 0 Å². The number of aryl methyl sites for hydroxylation is 1. The third kappa shape index (κ3) is 1.58. The van der Waals surface area contributed by atoms with Crippen LogP contribution in [0.3, 0.4) is 0 Å². The standard InChI is InChI=1S/C11H14N2O2/c1-13-6-5-8-9(7-15-12)11(14-2)4-3-10(8)13/h3-6H,7,12H2,1-2H3. The van der Waals surface area contributed by atoms with Gasteiger partial charge in [-0.3, -0.25) is 4.84 Å². The molecule has 2 aromatic rings. The van der Waals surface area contributed by atoms with Crippen molar-refractivity contribution < 1.29 is 9.57 Å². The molecule has 0 spiro atoms. The smallest absolute Gasteiger partial charge is 0.125 e. The number of benzene rings is 1. The quantitative estimate of drug-likeness (QED) is 0.775. The minimum atomic E-state index is 0.352. The van der Waals surface area contributed by atoms with Crippen molar-refractivity contribution >= 4 is 10.9 Å². The molecule has 0 radical (unpaired) electrons. The Balaban J connectivity index is 2.67. The summed E-state index contributed by atoms with van der Waals surface area (Å²) in [5, 5.41) is 1.11. The molecule has 1 aromatic heterocycles. The number of fused-ring (bicyclic) bond motifs is 1. The van der Waals surface area contributed by atoms with Gasteiger partial charge in [0, 0.05) is 29.7 Å². The zero-order chi connectivity index (χ0) is 10.8. The van der Waals surface area contributed by atoms with Gasteiger partial charge >= 0.3 is 0 Å². The van der Waals surface area contributed by atoms with E-state index in [1.54, 1.807) is 7.11 Å². The molecule has 0 saturated carbocycles. The van der Waals surface area contributed by atoms with Crippen LogP contribution < -0.4 is 10.6 Å². The van der Waals surface area contributed by atoms with Gasteiger partial charge in [0.1, 0.15) is 5.75 Å². The van der Waals surface area contributed by atoms with Gasteiger partial charge in [0.25, 0.3) is 0 Å². The van der Waals surface area contributed by atoms with Gasteiger partial charge in [-0.05, 0) is 18.2 Å². The Labute approximate surface area is 88.1 Å². The fourth-order valence-corrected chi connectivity index (χ4v) is 1.82. The summed E-state index contributed by atoms with van der Waals surface area (Å²) in [6.07, 6.45) is 2.00. The highest BCUT2D eigenvalue weighted by Gasteiger charge is 2.09. The summed E-state index contributed by atoms with van der Waals surface area (Å²) in [7, 11) is 3.64. The van der Waals surface area contributed by atoms with Gasteiger partial charge in [-0.15, -0.1) is 0 Å². The van der Waals surface area contributed by atoms with Crippen LogP contribution in [-0.2, 0) is 18.5 Å². The van der Waals surface area contributed by atoms with Crippen molar-refractivity contribution in [3.63, 3.8) is 0 Å². The number of hydrogen-bond acceptors (Lipinski definition) is 3. The summed E-state index contributed by atoms with van der Waals surface area (Å²) in [6.45, 7) is 0.352. The fourth-order valence-electron chi connectivity index (χ4n) is 1.82. The lowest BCUT2D eigenvalue weighted by molar-refractivity contribution is 0.123. The second-order valence-corrected chi connectivity index (χ2v) is 3.42. The molecule has 80 valence electrons. The Morgan fingerprint density at radius 2 is 2.13 bits per heavy atom. The van der Waals surface area contributed by atoms with Crippen molar-refractivity contribution in [2.24, 2.45) is 12.9 Å². The molecule has 0 amide bonds. The highest BCUT2D eigenvalue weighted by atomic mass is 16.6. The zero-order valence-corrected chi connectivity index (χ0v) is 8.86. The van der Waals surface area contributed by atoms with E-state index in [4.69, 9.17) is 15.5 Å². The summed E-state index contributed by atoms with van der Waals surface area (Å²) in [6, 6.07) is 5.98. The van der Waals surface area contributed by atoms with Gasteiger partial charge < -0.3 is 9.30 Å². The highest BCUT2D eigenvalue weighted by molar-refractivity contribution is 5.85. The maximum absolute atomic E-state index is 5.27. The first kappa shape index (κ1) is 10.0. The van der Waals surface area contributed by atoms with E-state index in [1.165, 1.54) is 0 Å². The normalized spacial score (nSPS) is 10.9. The molecule has 0 fully saturated rings. The van der Waals surface area contributed by atoms with Gasteiger partial charge in [-0.2, -0.15) is 0 Å². The Kier molecular flexibility index (Phi) is 2.62. The molecule has 2 N–H and O–H groups in total. The number of hydrogen-bond donors (Lipinski definition) is 1. The van der Waals surface area contributed by atoms with E-state index in [9.17, 15) is 0 Å². The minimum Gasteiger partial charge on any atom is -0.496 e. The first-order chi connectivity index (χ1) is 7.27. The van der Waals surface area contributed by atoms with Crippen molar-refractivity contribution in [2.75, 3.05) is 7.11 Å². The SMILES string of the molecule is COc1ccc2c(ccn2C)c1CON. The molecular formula is C11H14N2O2. The van der Waals surface area contributed by atoms with E-state index in [-0.39, 0.29) is 0 Å². The summed E-state index contributed by atoms with van der Waals surface area (Å²) >= 11 is 0. The van der Waals surface area contributed by atoms with Crippen LogP contribution in [0.2, 0.25) is 0 Å². The monoisotopic (exact) mass is 206 g/mol. The summed E-state index contributed by atoms with van der Waals surface area (Å²) in [5.74, 6) is 5.92. The molecule has 4 nitrogen and oxygen atoms in total. The van der Waals surface area contributed by atoms with Crippen LogP contribution in [0.15, 0.2) is 24.4 Å². The lowest BCUT2D eigenvalue weighted by Crippen LogP contribution is -2.01. The average molecular weight is 206 g/mol. The number of rotatable bonds is 3. The Morgan fingerprint density at radius 3 is 2.80 bits per heavy atom. The molecule has 15 heavy (non-hydrogen) atoms. The van der Waals surface area contributed by atoms with Crippen LogP contribution >= 0.6 is 0 Å². The largest absolute Gasteiger partial charge is 0.496 e. The third-order valence-corrected chi connectivity index (χ3v) is 2.58. The Bertz CT molecular complexity index is 477. The molecule has 0 bridgehead atoms. The molecule has 0 aliphatic carbocycles. The lowest BCUT2D eigenvalue weighted by Gasteiger charge is -2.09. The van der Waals surface area contributed by atoms with Crippen LogP contribution in [0.5, 0.6) is 5.75 Å². The Morgan fingerprint density at radius 1 is 1.33 bits per heavy atom. The van der Waals surface area contributed by atoms with Gasteiger partial charge in [0.15, 0.2) is 0 Å². The van der Waals surface area contributed by atoms with E-state index in [0.717, 1.165) is 22.2 Å². The van der Waals surface area contributed by atoms with Crippen LogP contribution in [0.4, 0.5) is 0 Å². The van der Waals surface area contributed by atoms with Gasteiger partial charge in [-0.25, -0.2) is 5.90 Å². The second kappa shape index (κ2) is 3.92. The van der Waals surface area contributed by atoms with Crippen molar-refractivity contribution in [1.29, 1.82) is 0 Å². The van der Waals surface area contributed by atoms with Crippen molar-refractivity contribution in [3.8, 4) is 5.75 Å². The number of nitrogens with zero attached hydrogens (tertiary/aromatic N) is 1. The molecule has 2 rings (SSSR count). The zero-order valence-electron chi connectivity index (χ0n) is 8.86. The number of methoxy groups -OCH3 is 1. The molecular weight excluding hydrogens is 192 g/mol. The predicted molar refractivity (Wildman–Crippen MR) is 58.4 cm³/mol. The van der Waals surface area contributed by atoms with E-state index < -0.39 is 0 Å². The second-order valence-electron chi connectivity index (χ2n) is 3.42. The third-order valence-electron chi connectivity index (χ3n) is 2.58. The molecule has 0 atom stereocenters. The minimum absolute atomic E-state index is 0.352. The van der Waals surface area contributed by atoms with E-state index in [1.807, 2.05) is 31.4 Å². The van der Waals surface area contributed by atoms with Crippen LogP contribution in [0.25, 0.3) is 10.9 Å². The van der Waals surface area contributed by atoms with Crippen LogP contribution in [0.1, 0.15) is 5.56 Å². The van der Waals surface area contributed by atoms with Gasteiger partial charge in [0.2, 0.25) is 0 Å². The molecule has 0 unspecified atom stereocenters. The van der Waals surface area contributed by atoms with Gasteiger partial charge in [0.05, 0.1) is 13.7 Å². The molecule has 1 heterocycles. The molecule has 4 heteroatoms. The van der Waals surface area contributed by atoms with Crippen molar-refractivity contribution in [1.82, 2.24) is 4.57 Å². The maximum atomic E-state index is 5.27. The number of aromatic nitrogens is 1. The van der Waals surface area contributed by atoms with Gasteiger partial charge in [-0.1, -0.05) is 0 Å². The predicted octanol–water partition coefficient (Wildman–Crippen LogP) is 1.58. The van der Waals surface area contributed by atoms with Crippen molar-refractivity contribution in [3.05, 3.63) is 30.0 Å². The topological polar surface area (TPSA) is 49.4 Å². The number of nitrogens with two attached hydrogens (primary N) is 1. The summed E-state index contributed by atoms with van der Waals surface area (Å²) in [5.41, 5.74) is 2.13. The number of ether oxygens (including phenoxy) is 1. The lowest BCUT2D eigenvalue weighted by atomic mass is 10.1.